The summed E-state index contributed by atoms with van der Waals surface area (Å²) in [7, 11) is 0. The van der Waals surface area contributed by atoms with E-state index in [1.807, 2.05) is 24.3 Å². The summed E-state index contributed by atoms with van der Waals surface area (Å²) in [5, 5.41) is 2.12. The molecule has 3 heteroatoms. The van der Waals surface area contributed by atoms with Gasteiger partial charge in [-0.2, -0.15) is 0 Å². The minimum Gasteiger partial charge on any atom is -0.486 e. The molecule has 1 heterocycles. The maximum Gasteiger partial charge on any atom is 0.157 e. The number of rotatable bonds is 3. The van der Waals surface area contributed by atoms with Gasteiger partial charge in [0.25, 0.3) is 0 Å². The van der Waals surface area contributed by atoms with E-state index in [2.05, 4.69) is 4.98 Å². The van der Waals surface area contributed by atoms with Gasteiger partial charge in [-0.05, 0) is 23.6 Å². The van der Waals surface area contributed by atoms with Gasteiger partial charge in [-0.3, -0.25) is 9.78 Å². The molecule has 0 fully saturated rings. The Kier molecular flexibility index (Phi) is 2.40. The first kappa shape index (κ1) is 8.69. The summed E-state index contributed by atoms with van der Waals surface area (Å²) < 4.78 is 5.17. The molecule has 3 nitrogen and oxygen atoms in total. The predicted octanol–water partition coefficient (Wildman–Crippen LogP) is 1.81. The van der Waals surface area contributed by atoms with E-state index in [1.165, 1.54) is 0 Å². The normalized spacial score (nSPS) is 10.0. The highest BCUT2D eigenvalue weighted by Crippen LogP contribution is 2.19. The highest BCUT2D eigenvalue weighted by atomic mass is 16.5. The van der Waals surface area contributed by atoms with Gasteiger partial charge >= 0.3 is 0 Å². The van der Waals surface area contributed by atoms with Crippen molar-refractivity contribution < 1.29 is 9.53 Å². The van der Waals surface area contributed by atoms with Crippen LogP contribution in [0.1, 0.15) is 0 Å². The third-order valence-corrected chi connectivity index (χ3v) is 1.93. The molecule has 0 saturated heterocycles. The van der Waals surface area contributed by atoms with Gasteiger partial charge in [-0.15, -0.1) is 0 Å². The van der Waals surface area contributed by atoms with Gasteiger partial charge in [0, 0.05) is 17.8 Å². The first-order valence-electron chi connectivity index (χ1n) is 4.30. The second kappa shape index (κ2) is 3.87. The Hall–Kier alpha value is -1.90. The fourth-order valence-corrected chi connectivity index (χ4v) is 1.28. The van der Waals surface area contributed by atoms with Gasteiger partial charge in [0.2, 0.25) is 0 Å². The van der Waals surface area contributed by atoms with Crippen molar-refractivity contribution in [2.45, 2.75) is 0 Å². The first-order chi connectivity index (χ1) is 6.90. The van der Waals surface area contributed by atoms with Crippen molar-refractivity contribution in [1.29, 1.82) is 0 Å². The lowest BCUT2D eigenvalue weighted by atomic mass is 10.2. The van der Waals surface area contributed by atoms with Crippen molar-refractivity contribution in [1.82, 2.24) is 4.98 Å². The van der Waals surface area contributed by atoms with Crippen LogP contribution in [-0.4, -0.2) is 17.9 Å². The molecule has 0 aliphatic heterocycles. The van der Waals surface area contributed by atoms with E-state index in [-0.39, 0.29) is 6.61 Å². The lowest BCUT2D eigenvalue weighted by molar-refractivity contribution is -0.109. The van der Waals surface area contributed by atoms with E-state index in [9.17, 15) is 4.79 Å². The summed E-state index contributed by atoms with van der Waals surface area (Å²) in [5.41, 5.74) is 0. The number of ether oxygens (including phenoxy) is 1. The largest absolute Gasteiger partial charge is 0.486 e. The average Bonchev–Trinajstić information content (AvgIpc) is 2.26. The lowest BCUT2D eigenvalue weighted by Crippen LogP contribution is -1.97. The SMILES string of the molecule is O=CCOc1ccc2ccncc2c1. The van der Waals surface area contributed by atoms with Crippen molar-refractivity contribution in [3.05, 3.63) is 36.7 Å². The number of nitrogens with zero attached hydrogens (tertiary/aromatic N) is 1. The summed E-state index contributed by atoms with van der Waals surface area (Å²) in [6, 6.07) is 7.58. The first-order valence-corrected chi connectivity index (χ1v) is 4.30. The van der Waals surface area contributed by atoms with Crippen LogP contribution in [0.2, 0.25) is 0 Å². The number of carbonyl (C=O) groups excluding carboxylic acids is 1. The molecule has 0 atom stereocenters. The van der Waals surface area contributed by atoms with E-state index in [0.717, 1.165) is 17.1 Å². The zero-order valence-electron chi connectivity index (χ0n) is 7.51. The van der Waals surface area contributed by atoms with Gasteiger partial charge in [0.15, 0.2) is 6.29 Å². The number of hydrogen-bond acceptors (Lipinski definition) is 3. The number of fused-ring (bicyclic) bond motifs is 1. The van der Waals surface area contributed by atoms with Crippen LogP contribution < -0.4 is 4.74 Å². The Bertz CT molecular complexity index is 454. The second-order valence-corrected chi connectivity index (χ2v) is 2.86. The summed E-state index contributed by atoms with van der Waals surface area (Å²) in [4.78, 5) is 14.1. The Labute approximate surface area is 81.3 Å². The van der Waals surface area contributed by atoms with Crippen molar-refractivity contribution in [2.75, 3.05) is 6.61 Å². The molecule has 1 aromatic carbocycles. The standard InChI is InChI=1S/C11H9NO2/c13-5-6-14-11-2-1-9-3-4-12-8-10(9)7-11/h1-5,7-8H,6H2. The number of hydrogen-bond donors (Lipinski definition) is 0. The van der Waals surface area contributed by atoms with Crippen LogP contribution in [-0.2, 0) is 4.79 Å². The van der Waals surface area contributed by atoms with Crippen LogP contribution >= 0.6 is 0 Å². The van der Waals surface area contributed by atoms with E-state index in [1.54, 1.807) is 12.4 Å². The Balaban J connectivity index is 2.36. The molecule has 2 aromatic rings. The molecule has 2 rings (SSSR count). The molecule has 0 bridgehead atoms. The summed E-state index contributed by atoms with van der Waals surface area (Å²) >= 11 is 0. The van der Waals surface area contributed by atoms with E-state index < -0.39 is 0 Å². The summed E-state index contributed by atoms with van der Waals surface area (Å²) in [5.74, 6) is 0.692. The molecule has 0 saturated carbocycles. The fraction of sp³-hybridized carbons (Fsp3) is 0.0909. The van der Waals surface area contributed by atoms with Gasteiger partial charge in [0.05, 0.1) is 0 Å². The Morgan fingerprint density at radius 2 is 2.21 bits per heavy atom. The molecular formula is C11H9NO2. The molecule has 1 aromatic heterocycles. The molecule has 14 heavy (non-hydrogen) atoms. The van der Waals surface area contributed by atoms with E-state index in [0.29, 0.717) is 5.75 Å². The minimum atomic E-state index is 0.0891. The zero-order chi connectivity index (χ0) is 9.80. The van der Waals surface area contributed by atoms with Crippen molar-refractivity contribution in [2.24, 2.45) is 0 Å². The Morgan fingerprint density at radius 1 is 1.29 bits per heavy atom. The van der Waals surface area contributed by atoms with Crippen LogP contribution in [0.4, 0.5) is 0 Å². The van der Waals surface area contributed by atoms with E-state index in [4.69, 9.17) is 4.74 Å². The second-order valence-electron chi connectivity index (χ2n) is 2.86. The molecule has 0 unspecified atom stereocenters. The average molecular weight is 187 g/mol. The van der Waals surface area contributed by atoms with E-state index >= 15 is 0 Å². The van der Waals surface area contributed by atoms with Gasteiger partial charge in [-0.25, -0.2) is 0 Å². The number of pyridine rings is 1. The quantitative estimate of drug-likeness (QED) is 0.688. The highest BCUT2D eigenvalue weighted by Gasteiger charge is 1.96. The predicted molar refractivity (Wildman–Crippen MR) is 53.3 cm³/mol. The minimum absolute atomic E-state index is 0.0891. The van der Waals surface area contributed by atoms with Gasteiger partial charge in [-0.1, -0.05) is 6.07 Å². The zero-order valence-corrected chi connectivity index (χ0v) is 7.51. The molecule has 0 N–H and O–H groups in total. The number of aromatic nitrogens is 1. The molecular weight excluding hydrogens is 178 g/mol. The smallest absolute Gasteiger partial charge is 0.157 e. The highest BCUT2D eigenvalue weighted by molar-refractivity contribution is 5.82. The van der Waals surface area contributed by atoms with Crippen LogP contribution in [0, 0.1) is 0 Å². The third kappa shape index (κ3) is 1.71. The molecule has 70 valence electrons. The summed E-state index contributed by atoms with van der Waals surface area (Å²) in [6.07, 6.45) is 4.24. The number of aldehydes is 1. The molecule has 0 aliphatic carbocycles. The van der Waals surface area contributed by atoms with Crippen molar-refractivity contribution in [3.8, 4) is 5.75 Å². The lowest BCUT2D eigenvalue weighted by Gasteiger charge is -2.02. The van der Waals surface area contributed by atoms with Crippen molar-refractivity contribution in [3.63, 3.8) is 0 Å². The topological polar surface area (TPSA) is 39.2 Å². The summed E-state index contributed by atoms with van der Waals surface area (Å²) in [6.45, 7) is 0.0891. The molecule has 0 aliphatic rings. The van der Waals surface area contributed by atoms with Crippen LogP contribution in [0.5, 0.6) is 5.75 Å². The molecule has 0 amide bonds. The molecule has 0 spiro atoms. The maximum atomic E-state index is 10.1. The molecule has 0 radical (unpaired) electrons. The number of benzene rings is 1. The van der Waals surface area contributed by atoms with Crippen LogP contribution in [0.3, 0.4) is 0 Å². The van der Waals surface area contributed by atoms with Crippen molar-refractivity contribution >= 4 is 17.1 Å². The monoisotopic (exact) mass is 187 g/mol. The third-order valence-electron chi connectivity index (χ3n) is 1.93. The van der Waals surface area contributed by atoms with Gasteiger partial charge < -0.3 is 4.74 Å². The maximum absolute atomic E-state index is 10.1. The van der Waals surface area contributed by atoms with Crippen LogP contribution in [0.15, 0.2) is 36.7 Å². The fourth-order valence-electron chi connectivity index (χ4n) is 1.28. The Morgan fingerprint density at radius 3 is 3.07 bits per heavy atom. The number of carbonyl (C=O) groups is 1. The van der Waals surface area contributed by atoms with Crippen LogP contribution in [0.25, 0.3) is 10.8 Å². The van der Waals surface area contributed by atoms with Gasteiger partial charge in [0.1, 0.15) is 12.4 Å².